The molecule has 0 fully saturated rings. The molecular formula is C14H12N6O. The zero-order valence-electron chi connectivity index (χ0n) is 11.3. The van der Waals surface area contributed by atoms with E-state index in [1.165, 1.54) is 0 Å². The van der Waals surface area contributed by atoms with Crippen molar-refractivity contribution in [2.45, 2.75) is 6.61 Å². The first-order valence-corrected chi connectivity index (χ1v) is 6.00. The van der Waals surface area contributed by atoms with Crippen molar-refractivity contribution in [2.24, 2.45) is 0 Å². The molecule has 0 bridgehead atoms. The molecule has 3 N–H and O–H groups in total. The summed E-state index contributed by atoms with van der Waals surface area (Å²) in [5, 5.41) is 20.9. The number of nitriles is 2. The van der Waals surface area contributed by atoms with Crippen LogP contribution in [0, 0.1) is 22.7 Å². The summed E-state index contributed by atoms with van der Waals surface area (Å²) < 4.78 is 4.97. The molecule has 1 aromatic heterocycles. The molecule has 0 aliphatic rings. The topological polar surface area (TPSA) is 121 Å². The second-order valence-corrected chi connectivity index (χ2v) is 4.14. The Morgan fingerprint density at radius 3 is 2.62 bits per heavy atom. The van der Waals surface area contributed by atoms with E-state index in [1.807, 2.05) is 12.1 Å². The molecule has 0 atom stereocenters. The molecule has 2 rings (SSSR count). The molecule has 1 aromatic carbocycles. The monoisotopic (exact) mass is 280 g/mol. The highest BCUT2D eigenvalue weighted by molar-refractivity contribution is 5.63. The van der Waals surface area contributed by atoms with Crippen LogP contribution in [-0.2, 0) is 11.3 Å². The van der Waals surface area contributed by atoms with Crippen LogP contribution in [0.5, 0.6) is 0 Å². The Bertz CT molecular complexity index is 744. The van der Waals surface area contributed by atoms with Crippen molar-refractivity contribution in [3.05, 3.63) is 41.2 Å². The summed E-state index contributed by atoms with van der Waals surface area (Å²) in [6.45, 7) is 0.247. The highest BCUT2D eigenvalue weighted by Gasteiger charge is 2.06. The Hall–Kier alpha value is -3.16. The normalized spacial score (nSPS) is 9.67. The predicted octanol–water partition coefficient (Wildman–Crippen LogP) is 1.69. The highest BCUT2D eigenvalue weighted by Crippen LogP contribution is 2.19. The number of anilines is 3. The Morgan fingerprint density at radius 1 is 1.19 bits per heavy atom. The van der Waals surface area contributed by atoms with E-state index in [-0.39, 0.29) is 6.61 Å². The first-order chi connectivity index (χ1) is 10.2. The van der Waals surface area contributed by atoms with Crippen LogP contribution in [0.2, 0.25) is 0 Å². The van der Waals surface area contributed by atoms with Crippen molar-refractivity contribution in [2.75, 3.05) is 18.2 Å². The van der Waals surface area contributed by atoms with Crippen LogP contribution in [0.4, 0.5) is 17.3 Å². The van der Waals surface area contributed by atoms with Crippen molar-refractivity contribution in [3.63, 3.8) is 0 Å². The summed E-state index contributed by atoms with van der Waals surface area (Å²) >= 11 is 0. The standard InChI is InChI=1S/C14H12N6O/c1-21-8-14-19-12(17)5-13(20-14)18-11-3-2-9(6-15)10(4-11)7-16/h2-5H,8H2,1H3,(H3,17,18,19,20). The molecule has 1 heterocycles. The Kier molecular flexibility index (Phi) is 4.30. The van der Waals surface area contributed by atoms with Gasteiger partial charge in [-0.25, -0.2) is 9.97 Å². The smallest absolute Gasteiger partial charge is 0.158 e. The lowest BCUT2D eigenvalue weighted by molar-refractivity contribution is 0.178. The van der Waals surface area contributed by atoms with Crippen molar-refractivity contribution in [1.29, 1.82) is 10.5 Å². The third kappa shape index (κ3) is 3.44. The minimum absolute atomic E-state index is 0.247. The third-order valence-electron chi connectivity index (χ3n) is 2.60. The minimum Gasteiger partial charge on any atom is -0.384 e. The van der Waals surface area contributed by atoms with Crippen molar-refractivity contribution in [3.8, 4) is 12.1 Å². The number of methoxy groups -OCH3 is 1. The fourth-order valence-corrected chi connectivity index (χ4v) is 1.74. The lowest BCUT2D eigenvalue weighted by atomic mass is 10.1. The lowest BCUT2D eigenvalue weighted by Crippen LogP contribution is -2.04. The number of rotatable bonds is 4. The summed E-state index contributed by atoms with van der Waals surface area (Å²) in [7, 11) is 1.54. The molecule has 7 heteroatoms. The molecule has 0 spiro atoms. The number of nitrogens with one attached hydrogen (secondary N) is 1. The van der Waals surface area contributed by atoms with E-state index in [1.54, 1.807) is 31.4 Å². The molecule has 104 valence electrons. The number of ether oxygens (including phenoxy) is 1. The van der Waals surface area contributed by atoms with Gasteiger partial charge in [-0.05, 0) is 18.2 Å². The number of aromatic nitrogens is 2. The van der Waals surface area contributed by atoms with Crippen molar-refractivity contribution in [1.82, 2.24) is 9.97 Å². The minimum atomic E-state index is 0.247. The van der Waals surface area contributed by atoms with E-state index in [4.69, 9.17) is 21.0 Å². The summed E-state index contributed by atoms with van der Waals surface area (Å²) in [6.07, 6.45) is 0. The van der Waals surface area contributed by atoms with Crippen molar-refractivity contribution >= 4 is 17.3 Å². The van der Waals surface area contributed by atoms with Crippen LogP contribution in [0.15, 0.2) is 24.3 Å². The van der Waals surface area contributed by atoms with Crippen LogP contribution in [-0.4, -0.2) is 17.1 Å². The molecule has 7 nitrogen and oxygen atoms in total. The first kappa shape index (κ1) is 14.3. The molecule has 0 aliphatic heterocycles. The van der Waals surface area contributed by atoms with Crippen LogP contribution < -0.4 is 11.1 Å². The van der Waals surface area contributed by atoms with E-state index >= 15 is 0 Å². The summed E-state index contributed by atoms with van der Waals surface area (Å²) in [4.78, 5) is 8.27. The number of hydrogen-bond donors (Lipinski definition) is 2. The van der Waals surface area contributed by atoms with E-state index in [0.717, 1.165) is 0 Å². The van der Waals surface area contributed by atoms with Gasteiger partial charge in [-0.1, -0.05) is 0 Å². The molecule has 0 saturated carbocycles. The number of benzene rings is 1. The molecular weight excluding hydrogens is 268 g/mol. The second-order valence-electron chi connectivity index (χ2n) is 4.14. The zero-order chi connectivity index (χ0) is 15.2. The van der Waals surface area contributed by atoms with Gasteiger partial charge >= 0.3 is 0 Å². The fourth-order valence-electron chi connectivity index (χ4n) is 1.74. The molecule has 2 aromatic rings. The average Bonchev–Trinajstić information content (AvgIpc) is 2.46. The van der Waals surface area contributed by atoms with Gasteiger partial charge in [-0.3, -0.25) is 0 Å². The van der Waals surface area contributed by atoms with Gasteiger partial charge < -0.3 is 15.8 Å². The Balaban J connectivity index is 2.30. The van der Waals surface area contributed by atoms with Gasteiger partial charge in [0.05, 0.1) is 11.1 Å². The maximum Gasteiger partial charge on any atom is 0.158 e. The van der Waals surface area contributed by atoms with E-state index in [0.29, 0.717) is 34.3 Å². The quantitative estimate of drug-likeness (QED) is 0.874. The lowest BCUT2D eigenvalue weighted by Gasteiger charge is -2.08. The van der Waals surface area contributed by atoms with Gasteiger partial charge in [-0.2, -0.15) is 10.5 Å². The van der Waals surface area contributed by atoms with Crippen LogP contribution in [0.25, 0.3) is 0 Å². The van der Waals surface area contributed by atoms with Gasteiger partial charge in [-0.15, -0.1) is 0 Å². The van der Waals surface area contributed by atoms with Crippen LogP contribution in [0.1, 0.15) is 17.0 Å². The average molecular weight is 280 g/mol. The van der Waals surface area contributed by atoms with Gasteiger partial charge in [0.15, 0.2) is 5.82 Å². The van der Waals surface area contributed by atoms with Gasteiger partial charge in [0, 0.05) is 18.9 Å². The Morgan fingerprint density at radius 2 is 1.95 bits per heavy atom. The predicted molar refractivity (Wildman–Crippen MR) is 76.3 cm³/mol. The molecule has 0 saturated heterocycles. The number of nitrogens with two attached hydrogens (primary N) is 1. The highest BCUT2D eigenvalue weighted by atomic mass is 16.5. The van der Waals surface area contributed by atoms with Gasteiger partial charge in [0.25, 0.3) is 0 Å². The summed E-state index contributed by atoms with van der Waals surface area (Å²) in [5.41, 5.74) is 6.95. The summed E-state index contributed by atoms with van der Waals surface area (Å²) in [6, 6.07) is 10.3. The zero-order valence-corrected chi connectivity index (χ0v) is 11.3. The van der Waals surface area contributed by atoms with Crippen LogP contribution in [0.3, 0.4) is 0 Å². The second kappa shape index (κ2) is 6.33. The summed E-state index contributed by atoms with van der Waals surface area (Å²) in [5.74, 6) is 1.26. The largest absolute Gasteiger partial charge is 0.384 e. The van der Waals surface area contributed by atoms with Gasteiger partial charge in [0.2, 0.25) is 0 Å². The first-order valence-electron chi connectivity index (χ1n) is 6.00. The number of nitrogen functional groups attached to an aromatic ring is 1. The third-order valence-corrected chi connectivity index (χ3v) is 2.60. The SMILES string of the molecule is COCc1nc(N)cc(Nc2ccc(C#N)c(C#N)c2)n1. The molecule has 0 amide bonds. The van der Waals surface area contributed by atoms with Crippen LogP contribution >= 0.6 is 0 Å². The van der Waals surface area contributed by atoms with Gasteiger partial charge in [0.1, 0.15) is 30.4 Å². The van der Waals surface area contributed by atoms with E-state index in [2.05, 4.69) is 15.3 Å². The number of nitrogens with zero attached hydrogens (tertiary/aromatic N) is 4. The number of hydrogen-bond acceptors (Lipinski definition) is 7. The van der Waals surface area contributed by atoms with E-state index in [9.17, 15) is 0 Å². The molecule has 0 aliphatic carbocycles. The Labute approximate surface area is 121 Å². The maximum atomic E-state index is 9.01. The van der Waals surface area contributed by atoms with E-state index < -0.39 is 0 Å². The molecule has 0 unspecified atom stereocenters. The maximum absolute atomic E-state index is 9.01. The fraction of sp³-hybridized carbons (Fsp3) is 0.143. The van der Waals surface area contributed by atoms with Crippen molar-refractivity contribution < 1.29 is 4.74 Å². The molecule has 21 heavy (non-hydrogen) atoms. The molecule has 0 radical (unpaired) electrons.